The van der Waals surface area contributed by atoms with Crippen molar-refractivity contribution in [3.63, 3.8) is 0 Å². The Morgan fingerprint density at radius 1 is 0.971 bits per heavy atom. The molecule has 0 spiro atoms. The second kappa shape index (κ2) is 8.78. The molecule has 168 valence electrons. The van der Waals surface area contributed by atoms with Gasteiger partial charge in [-0.15, -0.1) is 0 Å². The molecule has 2 heterocycles. The number of aliphatic carboxylic acids is 1. The zero-order valence-electron chi connectivity index (χ0n) is 18.4. The molecule has 0 radical (unpaired) electrons. The fraction of sp³-hybridized carbons (Fsp3) is 0.111. The number of carboxylic acids is 1. The summed E-state index contributed by atoms with van der Waals surface area (Å²) < 4.78 is 7.45. The van der Waals surface area contributed by atoms with E-state index in [1.54, 1.807) is 47.2 Å². The predicted molar refractivity (Wildman–Crippen MR) is 128 cm³/mol. The summed E-state index contributed by atoms with van der Waals surface area (Å²) in [6.45, 7) is 2.10. The van der Waals surface area contributed by atoms with Gasteiger partial charge in [-0.3, -0.25) is 19.1 Å². The third-order valence-corrected chi connectivity index (χ3v) is 5.65. The van der Waals surface area contributed by atoms with E-state index in [9.17, 15) is 14.7 Å². The Morgan fingerprint density at radius 2 is 1.74 bits per heavy atom. The van der Waals surface area contributed by atoms with Gasteiger partial charge in [0.15, 0.2) is 0 Å². The first-order chi connectivity index (χ1) is 16.5. The number of hydrogen-bond acceptors (Lipinski definition) is 5. The molecule has 0 amide bonds. The lowest BCUT2D eigenvalue weighted by Gasteiger charge is -2.10. The van der Waals surface area contributed by atoms with Gasteiger partial charge in [-0.1, -0.05) is 24.3 Å². The largest absolute Gasteiger partial charge is 0.487 e. The molecule has 0 bridgehead atoms. The van der Waals surface area contributed by atoms with Gasteiger partial charge in [0.25, 0.3) is 5.91 Å². The Balaban J connectivity index is 1.35. The fourth-order valence-corrected chi connectivity index (χ4v) is 4.06. The monoisotopic (exact) mass is 451 g/mol. The average molecular weight is 451 g/mol. The second-order valence-electron chi connectivity index (χ2n) is 8.01. The van der Waals surface area contributed by atoms with Crippen molar-refractivity contribution in [1.29, 1.82) is 0 Å². The molecule has 5 aromatic rings. The van der Waals surface area contributed by atoms with Crippen LogP contribution in [0.5, 0.6) is 5.75 Å². The van der Waals surface area contributed by atoms with Crippen molar-refractivity contribution in [2.45, 2.75) is 20.0 Å². The second-order valence-corrected chi connectivity index (χ2v) is 8.01. The van der Waals surface area contributed by atoms with Crippen LogP contribution in [0.25, 0.3) is 21.9 Å². The molecule has 0 unspecified atom stereocenters. The van der Waals surface area contributed by atoms with Crippen molar-refractivity contribution < 1.29 is 19.4 Å². The van der Waals surface area contributed by atoms with Gasteiger partial charge in [-0.2, -0.15) is 0 Å². The van der Waals surface area contributed by atoms with Crippen LogP contribution < -0.4 is 4.74 Å². The van der Waals surface area contributed by atoms with E-state index >= 15 is 0 Å². The Morgan fingerprint density at radius 3 is 2.50 bits per heavy atom. The number of rotatable bonds is 6. The minimum Gasteiger partial charge on any atom is -0.487 e. The summed E-state index contributed by atoms with van der Waals surface area (Å²) in [7, 11) is 0. The van der Waals surface area contributed by atoms with Gasteiger partial charge >= 0.3 is 5.97 Å². The van der Waals surface area contributed by atoms with Crippen LogP contribution in [0, 0.1) is 6.92 Å². The van der Waals surface area contributed by atoms with Crippen LogP contribution >= 0.6 is 0 Å². The molecular weight excluding hydrogens is 430 g/mol. The van der Waals surface area contributed by atoms with E-state index in [4.69, 9.17) is 4.74 Å². The molecule has 34 heavy (non-hydrogen) atoms. The van der Waals surface area contributed by atoms with Crippen molar-refractivity contribution in [3.8, 4) is 5.75 Å². The highest BCUT2D eigenvalue weighted by Crippen LogP contribution is 2.25. The summed E-state index contributed by atoms with van der Waals surface area (Å²) in [5.41, 5.74) is 4.97. The van der Waals surface area contributed by atoms with E-state index in [0.29, 0.717) is 28.1 Å². The summed E-state index contributed by atoms with van der Waals surface area (Å²) >= 11 is 0. The van der Waals surface area contributed by atoms with Gasteiger partial charge in [0.2, 0.25) is 0 Å². The summed E-state index contributed by atoms with van der Waals surface area (Å²) in [6, 6.07) is 21.8. The van der Waals surface area contributed by atoms with E-state index in [0.717, 1.165) is 22.1 Å². The summed E-state index contributed by atoms with van der Waals surface area (Å²) in [4.78, 5) is 33.4. The van der Waals surface area contributed by atoms with Gasteiger partial charge in [0.1, 0.15) is 12.4 Å². The molecule has 0 atom stereocenters. The number of para-hydroxylation sites is 2. The maximum Gasteiger partial charge on any atom is 0.307 e. The lowest BCUT2D eigenvalue weighted by Crippen LogP contribution is -2.13. The first-order valence-electron chi connectivity index (χ1n) is 10.8. The highest BCUT2D eigenvalue weighted by molar-refractivity contribution is 6.04. The molecule has 0 saturated carbocycles. The van der Waals surface area contributed by atoms with Gasteiger partial charge in [-0.05, 0) is 61.0 Å². The third kappa shape index (κ3) is 4.11. The molecule has 0 aliphatic carbocycles. The van der Waals surface area contributed by atoms with Crippen molar-refractivity contribution in [2.24, 2.45) is 0 Å². The van der Waals surface area contributed by atoms with Crippen LogP contribution in [0.2, 0.25) is 0 Å². The van der Waals surface area contributed by atoms with E-state index in [-0.39, 0.29) is 18.9 Å². The summed E-state index contributed by atoms with van der Waals surface area (Å²) in [5, 5.41) is 9.96. The first-order valence-corrected chi connectivity index (χ1v) is 10.8. The fourth-order valence-electron chi connectivity index (χ4n) is 4.06. The van der Waals surface area contributed by atoms with Crippen molar-refractivity contribution >= 4 is 33.8 Å². The normalized spacial score (nSPS) is 11.1. The molecule has 3 aromatic carbocycles. The maximum atomic E-state index is 13.3. The van der Waals surface area contributed by atoms with Crippen molar-refractivity contribution in [1.82, 2.24) is 14.5 Å². The minimum atomic E-state index is -0.908. The minimum absolute atomic E-state index is 0.0946. The van der Waals surface area contributed by atoms with Crippen LogP contribution in [0.4, 0.5) is 0 Å². The Bertz CT molecular complexity index is 1540. The lowest BCUT2D eigenvalue weighted by atomic mass is 10.1. The van der Waals surface area contributed by atoms with Crippen LogP contribution in [-0.2, 0) is 17.8 Å². The molecule has 2 aromatic heterocycles. The summed E-state index contributed by atoms with van der Waals surface area (Å²) in [6.07, 6.45) is 1.60. The number of nitrogens with zero attached hydrogens (tertiary/aromatic N) is 3. The Labute approximate surface area is 195 Å². The lowest BCUT2D eigenvalue weighted by molar-refractivity contribution is -0.136. The molecule has 7 nitrogen and oxygen atoms in total. The molecule has 7 heteroatoms. The number of hydrogen-bond donors (Lipinski definition) is 1. The molecule has 0 saturated heterocycles. The number of benzene rings is 3. The molecule has 1 N–H and O–H groups in total. The van der Waals surface area contributed by atoms with Crippen LogP contribution in [0.3, 0.4) is 0 Å². The molecular formula is C27H21N3O4. The zero-order valence-corrected chi connectivity index (χ0v) is 18.4. The molecule has 0 aliphatic rings. The molecule has 0 aliphatic heterocycles. The highest BCUT2D eigenvalue weighted by atomic mass is 16.5. The SMILES string of the molecule is Cc1cc2c(CC(=O)O)cccc2n1C(=O)c1ccc(OCc2cnc3ccccc3n2)cc1. The zero-order chi connectivity index (χ0) is 23.7. The van der Waals surface area contributed by atoms with Gasteiger partial charge < -0.3 is 9.84 Å². The quantitative estimate of drug-likeness (QED) is 0.399. The van der Waals surface area contributed by atoms with Crippen LogP contribution in [0.15, 0.2) is 79.0 Å². The van der Waals surface area contributed by atoms with E-state index in [1.807, 2.05) is 43.3 Å². The number of fused-ring (bicyclic) bond motifs is 2. The standard InChI is InChI=1S/C27H21N3O4/c1-17-13-22-19(14-26(31)32)5-4-8-25(22)30(17)27(33)18-9-11-21(12-10-18)34-16-20-15-28-23-6-2-3-7-24(23)29-20/h2-13,15H,14,16H2,1H3,(H,31,32). The molecule has 0 fully saturated rings. The Kier molecular flexibility index (Phi) is 5.51. The average Bonchev–Trinajstić information content (AvgIpc) is 3.19. The third-order valence-electron chi connectivity index (χ3n) is 5.65. The topological polar surface area (TPSA) is 94.3 Å². The van der Waals surface area contributed by atoms with Crippen LogP contribution in [0.1, 0.15) is 27.3 Å². The van der Waals surface area contributed by atoms with E-state index in [2.05, 4.69) is 9.97 Å². The highest BCUT2D eigenvalue weighted by Gasteiger charge is 2.17. The number of carbonyl (C=O) groups is 2. The number of ether oxygens (including phenoxy) is 1. The van der Waals surface area contributed by atoms with Crippen molar-refractivity contribution in [2.75, 3.05) is 0 Å². The molecule has 5 rings (SSSR count). The van der Waals surface area contributed by atoms with Crippen LogP contribution in [-0.4, -0.2) is 31.5 Å². The van der Waals surface area contributed by atoms with Gasteiger partial charge in [-0.25, -0.2) is 4.98 Å². The smallest absolute Gasteiger partial charge is 0.307 e. The van der Waals surface area contributed by atoms with E-state index < -0.39 is 5.97 Å². The number of aromatic nitrogens is 3. The summed E-state index contributed by atoms with van der Waals surface area (Å²) in [5.74, 6) is -0.481. The predicted octanol–water partition coefficient (Wildman–Crippen LogP) is 4.79. The first kappa shape index (κ1) is 21.3. The number of aryl methyl sites for hydroxylation is 1. The van der Waals surface area contributed by atoms with Crippen molar-refractivity contribution in [3.05, 3.63) is 102 Å². The Hall–Kier alpha value is -4.52. The van der Waals surface area contributed by atoms with Gasteiger partial charge in [0.05, 0.1) is 34.9 Å². The van der Waals surface area contributed by atoms with Gasteiger partial charge in [0, 0.05) is 16.6 Å². The van der Waals surface area contributed by atoms with E-state index in [1.165, 1.54) is 0 Å². The number of carbonyl (C=O) groups excluding carboxylic acids is 1. The number of carboxylic acid groups (broad SMARTS) is 1. The maximum absolute atomic E-state index is 13.3.